The average molecular weight is 591 g/mol. The molecule has 2 aromatic carbocycles. The van der Waals surface area contributed by atoms with Crippen LogP contribution in [0.25, 0.3) is 0 Å². The van der Waals surface area contributed by atoms with Gasteiger partial charge in [0.25, 0.3) is 5.91 Å². The van der Waals surface area contributed by atoms with Gasteiger partial charge in [-0.25, -0.2) is 8.78 Å². The van der Waals surface area contributed by atoms with Crippen molar-refractivity contribution in [1.82, 2.24) is 9.58 Å². The molecule has 5 aliphatic heterocycles. The van der Waals surface area contributed by atoms with Gasteiger partial charge in [0.15, 0.2) is 23.1 Å². The van der Waals surface area contributed by atoms with Crippen molar-refractivity contribution >= 4 is 11.6 Å². The minimum atomic E-state index is -0.940. The molecule has 3 fully saturated rings. The summed E-state index contributed by atoms with van der Waals surface area (Å²) in [5.41, 5.74) is 1.64. The Hall–Kier alpha value is -3.96. The molecule has 8 rings (SSSR count). The second-order valence-electron chi connectivity index (χ2n) is 12.3. The molecule has 0 aliphatic carbocycles. The van der Waals surface area contributed by atoms with Gasteiger partial charge in [0.05, 0.1) is 19.3 Å². The molecule has 3 saturated heterocycles. The predicted molar refractivity (Wildman–Crippen MR) is 153 cm³/mol. The lowest BCUT2D eigenvalue weighted by Gasteiger charge is -2.56. The van der Waals surface area contributed by atoms with Crippen molar-refractivity contribution in [3.8, 4) is 5.75 Å². The third-order valence-electron chi connectivity index (χ3n) is 10.2. The minimum absolute atomic E-state index is 0.0665. The maximum Gasteiger partial charge on any atom is 0.278 e. The van der Waals surface area contributed by atoms with E-state index in [2.05, 4.69) is 4.90 Å². The number of rotatable bonds is 1. The van der Waals surface area contributed by atoms with E-state index in [-0.39, 0.29) is 23.3 Å². The number of nitrogens with zero attached hydrogens (tertiary/aromatic N) is 4. The lowest BCUT2D eigenvalue weighted by Crippen LogP contribution is -2.66. The molecule has 43 heavy (non-hydrogen) atoms. The van der Waals surface area contributed by atoms with Crippen LogP contribution in [0.3, 0.4) is 0 Å². The second kappa shape index (κ2) is 9.78. The Balaban J connectivity index is 1.42. The number of benzene rings is 2. The first-order valence-electron chi connectivity index (χ1n) is 14.9. The smallest absolute Gasteiger partial charge is 0.278 e. The van der Waals surface area contributed by atoms with Crippen LogP contribution in [0.15, 0.2) is 53.5 Å². The SMILES string of the molecule is O=C1c2c(O)c(=O)ccn2N([C@@H]2c3ccccc3N3CCOCC3c3c2ccc(F)c3F)[C@@H]2CC3(CCOCC3)CCN12. The quantitative estimate of drug-likeness (QED) is 0.461. The first kappa shape index (κ1) is 26.7. The number of morpholine rings is 1. The van der Waals surface area contributed by atoms with Crippen molar-refractivity contribution in [2.75, 3.05) is 49.4 Å². The van der Waals surface area contributed by atoms with Crippen LogP contribution in [0.1, 0.15) is 64.9 Å². The van der Waals surface area contributed by atoms with Gasteiger partial charge in [-0.2, -0.15) is 0 Å². The molecule has 224 valence electrons. The number of piperidine rings is 1. The molecule has 5 aliphatic rings. The Kier molecular flexibility index (Phi) is 6.06. The van der Waals surface area contributed by atoms with Gasteiger partial charge in [-0.3, -0.25) is 19.3 Å². The molecule has 1 N–H and O–H groups in total. The molecular weight excluding hydrogens is 558 g/mol. The number of hydrogen-bond acceptors (Lipinski definition) is 7. The molecule has 0 bridgehead atoms. The van der Waals surface area contributed by atoms with E-state index in [1.54, 1.807) is 15.6 Å². The van der Waals surface area contributed by atoms with Gasteiger partial charge >= 0.3 is 0 Å². The molecule has 9 nitrogen and oxygen atoms in total. The third kappa shape index (κ3) is 3.87. The summed E-state index contributed by atoms with van der Waals surface area (Å²) in [6.07, 6.45) is 4.14. The van der Waals surface area contributed by atoms with E-state index in [1.165, 1.54) is 12.3 Å². The van der Waals surface area contributed by atoms with Gasteiger partial charge in [-0.1, -0.05) is 24.3 Å². The van der Waals surface area contributed by atoms with Crippen LogP contribution >= 0.6 is 0 Å². The van der Waals surface area contributed by atoms with Crippen molar-refractivity contribution in [1.29, 1.82) is 0 Å². The van der Waals surface area contributed by atoms with E-state index in [1.807, 2.05) is 29.3 Å². The average Bonchev–Trinajstić information content (AvgIpc) is 3.14. The van der Waals surface area contributed by atoms with E-state index in [9.17, 15) is 14.7 Å². The highest BCUT2D eigenvalue weighted by Crippen LogP contribution is 2.51. The van der Waals surface area contributed by atoms with Crippen LogP contribution in [-0.4, -0.2) is 66.3 Å². The number of pyridine rings is 1. The fourth-order valence-corrected chi connectivity index (χ4v) is 8.05. The largest absolute Gasteiger partial charge is 0.502 e. The summed E-state index contributed by atoms with van der Waals surface area (Å²) in [5, 5.41) is 13.0. The van der Waals surface area contributed by atoms with Gasteiger partial charge in [0.2, 0.25) is 5.43 Å². The number of aromatic hydroxyl groups is 1. The van der Waals surface area contributed by atoms with Crippen molar-refractivity contribution in [3.63, 3.8) is 0 Å². The van der Waals surface area contributed by atoms with Gasteiger partial charge in [-0.05, 0) is 48.8 Å². The molecule has 1 amide bonds. The number of ether oxygens (including phenoxy) is 2. The van der Waals surface area contributed by atoms with Gasteiger partial charge in [0.1, 0.15) is 12.2 Å². The lowest BCUT2D eigenvalue weighted by atomic mass is 9.71. The molecule has 0 saturated carbocycles. The summed E-state index contributed by atoms with van der Waals surface area (Å²) < 4.78 is 44.2. The molecule has 1 aromatic heterocycles. The molecule has 0 radical (unpaired) electrons. The Morgan fingerprint density at radius 2 is 1.70 bits per heavy atom. The molecule has 6 heterocycles. The molecule has 1 unspecified atom stereocenters. The fraction of sp³-hybridized carbons (Fsp3) is 0.438. The van der Waals surface area contributed by atoms with Crippen LogP contribution < -0.4 is 15.3 Å². The molecule has 3 atom stereocenters. The number of anilines is 1. The van der Waals surface area contributed by atoms with Crippen LogP contribution in [-0.2, 0) is 9.47 Å². The van der Waals surface area contributed by atoms with E-state index >= 15 is 8.78 Å². The monoisotopic (exact) mass is 590 g/mol. The number of hydrogen-bond donors (Lipinski definition) is 1. The minimum Gasteiger partial charge on any atom is -0.502 e. The summed E-state index contributed by atoms with van der Waals surface area (Å²) >= 11 is 0. The maximum atomic E-state index is 16.0. The molecule has 1 spiro atoms. The van der Waals surface area contributed by atoms with Crippen LogP contribution in [0, 0.1) is 17.0 Å². The summed E-state index contributed by atoms with van der Waals surface area (Å²) in [7, 11) is 0. The van der Waals surface area contributed by atoms with Gasteiger partial charge in [-0.15, -0.1) is 0 Å². The first-order chi connectivity index (χ1) is 20.9. The Labute approximate surface area is 246 Å². The lowest BCUT2D eigenvalue weighted by molar-refractivity contribution is -0.0430. The number of fused-ring (bicyclic) bond motifs is 7. The van der Waals surface area contributed by atoms with E-state index in [0.29, 0.717) is 44.9 Å². The molecule has 11 heteroatoms. The normalized spacial score (nSPS) is 25.8. The van der Waals surface area contributed by atoms with Gasteiger partial charge < -0.3 is 24.4 Å². The number of halogens is 2. The predicted octanol–water partition coefficient (Wildman–Crippen LogP) is 3.82. The first-order valence-corrected chi connectivity index (χ1v) is 14.9. The fourth-order valence-electron chi connectivity index (χ4n) is 8.05. The van der Waals surface area contributed by atoms with Gasteiger partial charge in [0, 0.05) is 55.4 Å². The number of carbonyl (C=O) groups is 1. The highest BCUT2D eigenvalue weighted by Gasteiger charge is 2.52. The van der Waals surface area contributed by atoms with Crippen molar-refractivity contribution in [3.05, 3.63) is 92.9 Å². The van der Waals surface area contributed by atoms with Crippen LogP contribution in [0.5, 0.6) is 5.75 Å². The van der Waals surface area contributed by atoms with Crippen molar-refractivity contribution in [2.24, 2.45) is 5.41 Å². The van der Waals surface area contributed by atoms with E-state index < -0.39 is 47.0 Å². The molecule has 3 aromatic rings. The summed E-state index contributed by atoms with van der Waals surface area (Å²) in [4.78, 5) is 30.5. The van der Waals surface area contributed by atoms with Crippen molar-refractivity contribution in [2.45, 2.75) is 43.9 Å². The summed E-state index contributed by atoms with van der Waals surface area (Å²) in [5.74, 6) is -2.91. The Morgan fingerprint density at radius 3 is 2.53 bits per heavy atom. The zero-order valence-corrected chi connectivity index (χ0v) is 23.5. The van der Waals surface area contributed by atoms with Crippen LogP contribution in [0.2, 0.25) is 0 Å². The number of carbonyl (C=O) groups excluding carboxylic acids is 1. The topological polar surface area (TPSA) is 87.5 Å². The summed E-state index contributed by atoms with van der Waals surface area (Å²) in [6.45, 7) is 2.84. The highest BCUT2D eigenvalue weighted by atomic mass is 19.2. The summed E-state index contributed by atoms with van der Waals surface area (Å²) in [6, 6.07) is 10.6. The molecular formula is C32H32F2N4O5. The van der Waals surface area contributed by atoms with E-state index in [0.717, 1.165) is 36.6 Å². The zero-order valence-electron chi connectivity index (χ0n) is 23.5. The maximum absolute atomic E-state index is 16.0. The Bertz CT molecular complexity index is 1690. The number of aromatic nitrogens is 1. The van der Waals surface area contributed by atoms with Crippen molar-refractivity contribution < 1.29 is 28.2 Å². The van der Waals surface area contributed by atoms with E-state index in [4.69, 9.17) is 9.47 Å². The second-order valence-corrected chi connectivity index (χ2v) is 12.3. The standard InChI is InChI=1S/C32H32F2N4O5/c33-21-6-5-20-26(27(21)34)23-18-43-16-13-35(23)22-4-2-1-3-19(22)28(20)38-25-17-32(9-14-42-15-10-32)8-12-36(25)31(41)29-30(40)24(39)7-11-37(29)38/h1-7,11,23,25,28,40H,8-10,12-18H2/t23?,25-,28-/m1/s1. The Morgan fingerprint density at radius 1 is 0.884 bits per heavy atom. The number of amides is 1. The number of para-hydroxylation sites is 1. The third-order valence-corrected chi connectivity index (χ3v) is 10.2. The zero-order chi connectivity index (χ0) is 29.5. The van der Waals surface area contributed by atoms with Crippen LogP contribution in [0.4, 0.5) is 14.5 Å². The highest BCUT2D eigenvalue weighted by molar-refractivity contribution is 5.96.